The molecular formula is C21H17N3O3S. The molecule has 140 valence electrons. The maximum absolute atomic E-state index is 12.2. The molecule has 3 aromatic rings. The van der Waals surface area contributed by atoms with Crippen LogP contribution in [0.4, 0.5) is 5.69 Å². The van der Waals surface area contributed by atoms with Crippen LogP contribution < -0.4 is 5.43 Å². The fraction of sp³-hybridized carbons (Fsp3) is 0.0476. The number of amides is 1. The van der Waals surface area contributed by atoms with Crippen LogP contribution in [0.15, 0.2) is 88.9 Å². The molecule has 1 amide bonds. The second-order valence-electron chi connectivity index (χ2n) is 5.85. The topological polar surface area (TPSA) is 84.6 Å². The monoisotopic (exact) mass is 391 g/mol. The molecule has 3 aromatic carbocycles. The van der Waals surface area contributed by atoms with Gasteiger partial charge in [-0.25, -0.2) is 5.43 Å². The van der Waals surface area contributed by atoms with Gasteiger partial charge >= 0.3 is 0 Å². The summed E-state index contributed by atoms with van der Waals surface area (Å²) in [4.78, 5) is 23.6. The van der Waals surface area contributed by atoms with Crippen LogP contribution in [0.1, 0.15) is 21.5 Å². The lowest BCUT2D eigenvalue weighted by molar-refractivity contribution is -0.384. The summed E-state index contributed by atoms with van der Waals surface area (Å²) in [7, 11) is 0. The average molecular weight is 391 g/mol. The van der Waals surface area contributed by atoms with E-state index in [0.29, 0.717) is 11.1 Å². The summed E-state index contributed by atoms with van der Waals surface area (Å²) >= 11 is 1.73. The van der Waals surface area contributed by atoms with Gasteiger partial charge in [-0.2, -0.15) is 5.10 Å². The Balaban J connectivity index is 1.54. The van der Waals surface area contributed by atoms with Gasteiger partial charge in [0.05, 0.1) is 11.1 Å². The predicted molar refractivity (Wildman–Crippen MR) is 111 cm³/mol. The van der Waals surface area contributed by atoms with E-state index in [1.165, 1.54) is 23.2 Å². The standard InChI is InChI=1S/C21H17N3O3S/c25-21(23-22-14-17-5-4-6-19(13-17)24(26)27)18-11-9-16(10-12-18)15-28-20-7-2-1-3-8-20/h1-14H,15H2,(H,23,25)/b22-14+. The number of nitrogens with one attached hydrogen (secondary N) is 1. The van der Waals surface area contributed by atoms with Crippen LogP contribution in [-0.2, 0) is 5.75 Å². The third kappa shape index (κ3) is 5.52. The summed E-state index contributed by atoms with van der Waals surface area (Å²) in [6, 6.07) is 23.4. The zero-order valence-electron chi connectivity index (χ0n) is 14.8. The van der Waals surface area contributed by atoms with Crippen molar-refractivity contribution in [3.05, 3.63) is 106 Å². The molecule has 0 aliphatic rings. The Bertz CT molecular complexity index is 989. The number of nitro groups is 1. The van der Waals surface area contributed by atoms with E-state index in [2.05, 4.69) is 22.7 Å². The van der Waals surface area contributed by atoms with Crippen LogP contribution in [-0.4, -0.2) is 17.0 Å². The van der Waals surface area contributed by atoms with Crippen molar-refractivity contribution in [2.24, 2.45) is 5.10 Å². The second kappa shape index (κ2) is 9.48. The van der Waals surface area contributed by atoms with Gasteiger partial charge in [0.15, 0.2) is 0 Å². The third-order valence-electron chi connectivity index (χ3n) is 3.83. The van der Waals surface area contributed by atoms with Gasteiger partial charge in [-0.3, -0.25) is 14.9 Å². The molecule has 0 aliphatic heterocycles. The molecule has 7 heteroatoms. The lowest BCUT2D eigenvalue weighted by Gasteiger charge is -2.04. The summed E-state index contributed by atoms with van der Waals surface area (Å²) in [5, 5.41) is 14.6. The number of thioether (sulfide) groups is 1. The SMILES string of the molecule is O=C(N/N=C/c1cccc([N+](=O)[O-])c1)c1ccc(CSc2ccccc2)cc1. The van der Waals surface area contributed by atoms with E-state index in [4.69, 9.17) is 0 Å². The van der Waals surface area contributed by atoms with Gasteiger partial charge in [-0.15, -0.1) is 11.8 Å². The summed E-state index contributed by atoms with van der Waals surface area (Å²) in [5.41, 5.74) is 4.54. The minimum atomic E-state index is -0.479. The molecule has 0 saturated heterocycles. The lowest BCUT2D eigenvalue weighted by Crippen LogP contribution is -2.17. The molecule has 0 aliphatic carbocycles. The highest BCUT2D eigenvalue weighted by molar-refractivity contribution is 7.98. The molecule has 0 atom stereocenters. The molecular weight excluding hydrogens is 374 g/mol. The molecule has 0 fully saturated rings. The first-order valence-electron chi connectivity index (χ1n) is 8.46. The predicted octanol–water partition coefficient (Wildman–Crippen LogP) is 4.65. The Morgan fingerprint density at radius 1 is 1.04 bits per heavy atom. The fourth-order valence-corrected chi connectivity index (χ4v) is 3.26. The maximum Gasteiger partial charge on any atom is 0.271 e. The first kappa shape index (κ1) is 19.3. The Morgan fingerprint density at radius 3 is 2.50 bits per heavy atom. The van der Waals surface area contributed by atoms with Gasteiger partial charge in [0.1, 0.15) is 0 Å². The number of carbonyl (C=O) groups is 1. The number of hydrazone groups is 1. The number of hydrogen-bond donors (Lipinski definition) is 1. The minimum absolute atomic E-state index is 0.0285. The lowest BCUT2D eigenvalue weighted by atomic mass is 10.1. The highest BCUT2D eigenvalue weighted by Gasteiger charge is 2.06. The molecule has 3 rings (SSSR count). The zero-order chi connectivity index (χ0) is 19.8. The van der Waals surface area contributed by atoms with E-state index in [-0.39, 0.29) is 11.6 Å². The van der Waals surface area contributed by atoms with Crippen molar-refractivity contribution in [1.82, 2.24) is 5.43 Å². The molecule has 0 radical (unpaired) electrons. The Hall–Kier alpha value is -3.45. The molecule has 0 bridgehead atoms. The maximum atomic E-state index is 12.2. The molecule has 6 nitrogen and oxygen atoms in total. The van der Waals surface area contributed by atoms with Crippen LogP contribution in [0.5, 0.6) is 0 Å². The van der Waals surface area contributed by atoms with Crippen molar-refractivity contribution in [1.29, 1.82) is 0 Å². The molecule has 0 heterocycles. The Labute approximate surface area is 166 Å². The van der Waals surface area contributed by atoms with Crippen molar-refractivity contribution in [3.63, 3.8) is 0 Å². The first-order chi connectivity index (χ1) is 13.6. The largest absolute Gasteiger partial charge is 0.271 e. The minimum Gasteiger partial charge on any atom is -0.267 e. The average Bonchev–Trinajstić information content (AvgIpc) is 2.73. The van der Waals surface area contributed by atoms with E-state index in [1.807, 2.05) is 30.3 Å². The number of rotatable bonds is 7. The molecule has 0 saturated carbocycles. The van der Waals surface area contributed by atoms with Gasteiger partial charge in [0.2, 0.25) is 0 Å². The van der Waals surface area contributed by atoms with Gasteiger partial charge in [0, 0.05) is 33.9 Å². The molecule has 1 N–H and O–H groups in total. The summed E-state index contributed by atoms with van der Waals surface area (Å²) in [6.07, 6.45) is 1.37. The zero-order valence-corrected chi connectivity index (χ0v) is 15.6. The number of nitrogens with zero attached hydrogens (tertiary/aromatic N) is 2. The van der Waals surface area contributed by atoms with Gasteiger partial charge in [-0.1, -0.05) is 42.5 Å². The van der Waals surface area contributed by atoms with E-state index in [0.717, 1.165) is 11.3 Å². The molecule has 28 heavy (non-hydrogen) atoms. The van der Waals surface area contributed by atoms with Crippen LogP contribution in [0.25, 0.3) is 0 Å². The van der Waals surface area contributed by atoms with Crippen molar-refractivity contribution < 1.29 is 9.72 Å². The van der Waals surface area contributed by atoms with Crippen LogP contribution in [0.3, 0.4) is 0 Å². The van der Waals surface area contributed by atoms with E-state index in [9.17, 15) is 14.9 Å². The Kier molecular flexibility index (Phi) is 6.54. The second-order valence-corrected chi connectivity index (χ2v) is 6.90. The third-order valence-corrected chi connectivity index (χ3v) is 4.91. The van der Waals surface area contributed by atoms with Crippen molar-refractivity contribution >= 4 is 29.6 Å². The van der Waals surface area contributed by atoms with Crippen molar-refractivity contribution in [2.45, 2.75) is 10.6 Å². The smallest absolute Gasteiger partial charge is 0.267 e. The number of hydrogen-bond acceptors (Lipinski definition) is 5. The number of benzene rings is 3. The fourth-order valence-electron chi connectivity index (χ4n) is 2.38. The van der Waals surface area contributed by atoms with E-state index < -0.39 is 4.92 Å². The molecule has 0 unspecified atom stereocenters. The van der Waals surface area contributed by atoms with Crippen LogP contribution >= 0.6 is 11.8 Å². The summed E-state index contributed by atoms with van der Waals surface area (Å²) in [5.74, 6) is 0.473. The van der Waals surface area contributed by atoms with Crippen LogP contribution in [0.2, 0.25) is 0 Å². The molecule has 0 aromatic heterocycles. The Morgan fingerprint density at radius 2 is 1.79 bits per heavy atom. The normalized spacial score (nSPS) is 10.7. The van der Waals surface area contributed by atoms with Crippen molar-refractivity contribution in [3.8, 4) is 0 Å². The number of non-ortho nitro benzene ring substituents is 1. The highest BCUT2D eigenvalue weighted by atomic mass is 32.2. The number of carbonyl (C=O) groups excluding carboxylic acids is 1. The van der Waals surface area contributed by atoms with E-state index >= 15 is 0 Å². The van der Waals surface area contributed by atoms with Crippen LogP contribution in [0, 0.1) is 10.1 Å². The highest BCUT2D eigenvalue weighted by Crippen LogP contribution is 2.22. The van der Waals surface area contributed by atoms with Gasteiger partial charge in [0.25, 0.3) is 11.6 Å². The molecule has 0 spiro atoms. The number of nitro benzene ring substituents is 1. The summed E-state index contributed by atoms with van der Waals surface area (Å²) < 4.78 is 0. The first-order valence-corrected chi connectivity index (χ1v) is 9.45. The van der Waals surface area contributed by atoms with Gasteiger partial charge < -0.3 is 0 Å². The van der Waals surface area contributed by atoms with Gasteiger partial charge in [-0.05, 0) is 29.8 Å². The quantitative estimate of drug-likeness (QED) is 0.275. The van der Waals surface area contributed by atoms with Crippen molar-refractivity contribution in [2.75, 3.05) is 0 Å². The summed E-state index contributed by atoms with van der Waals surface area (Å²) in [6.45, 7) is 0. The van der Waals surface area contributed by atoms with E-state index in [1.54, 1.807) is 36.0 Å².